The van der Waals surface area contributed by atoms with Gasteiger partial charge in [-0.25, -0.2) is 9.78 Å². The van der Waals surface area contributed by atoms with Gasteiger partial charge >= 0.3 is 6.03 Å². The number of anilines is 1. The molecular formula is C15H27N5O. The van der Waals surface area contributed by atoms with Crippen LogP contribution in [0.25, 0.3) is 0 Å². The number of urea groups is 1. The second-order valence-electron chi connectivity index (χ2n) is 5.86. The number of rotatable bonds is 6. The monoisotopic (exact) mass is 293 g/mol. The fourth-order valence-electron chi connectivity index (χ4n) is 2.88. The van der Waals surface area contributed by atoms with Crippen molar-refractivity contribution in [3.63, 3.8) is 0 Å². The van der Waals surface area contributed by atoms with Crippen molar-refractivity contribution in [3.8, 4) is 0 Å². The molecular weight excluding hydrogens is 266 g/mol. The second kappa shape index (κ2) is 8.64. The zero-order valence-electron chi connectivity index (χ0n) is 13.0. The normalized spacial score (nSPS) is 16.4. The number of carbonyl (C=O) groups is 1. The van der Waals surface area contributed by atoms with E-state index in [1.54, 1.807) is 11.0 Å². The summed E-state index contributed by atoms with van der Waals surface area (Å²) in [6.07, 6.45) is 11.8. The lowest BCUT2D eigenvalue weighted by Gasteiger charge is -2.13. The van der Waals surface area contributed by atoms with Crippen LogP contribution in [0.4, 0.5) is 10.7 Å². The molecule has 6 heteroatoms. The molecule has 1 fully saturated rings. The Hall–Kier alpha value is -1.59. The lowest BCUT2D eigenvalue weighted by molar-refractivity contribution is 0.250. The van der Waals surface area contributed by atoms with Crippen molar-refractivity contribution in [3.05, 3.63) is 6.33 Å². The van der Waals surface area contributed by atoms with Crippen molar-refractivity contribution < 1.29 is 4.79 Å². The first-order valence-corrected chi connectivity index (χ1v) is 8.22. The van der Waals surface area contributed by atoms with Crippen molar-refractivity contribution in [1.82, 2.24) is 20.1 Å². The van der Waals surface area contributed by atoms with E-state index in [4.69, 9.17) is 0 Å². The van der Waals surface area contributed by atoms with E-state index in [9.17, 15) is 4.79 Å². The molecule has 118 valence electrons. The van der Waals surface area contributed by atoms with Gasteiger partial charge in [-0.1, -0.05) is 45.4 Å². The summed E-state index contributed by atoms with van der Waals surface area (Å²) >= 11 is 0. The minimum Gasteiger partial charge on any atom is -0.338 e. The van der Waals surface area contributed by atoms with E-state index in [1.807, 2.05) is 0 Å². The van der Waals surface area contributed by atoms with Gasteiger partial charge < -0.3 is 5.32 Å². The van der Waals surface area contributed by atoms with Gasteiger partial charge in [0.2, 0.25) is 5.95 Å². The van der Waals surface area contributed by atoms with Crippen LogP contribution in [0, 0.1) is 5.92 Å². The van der Waals surface area contributed by atoms with Gasteiger partial charge in [0.25, 0.3) is 0 Å². The minimum atomic E-state index is -0.210. The zero-order valence-corrected chi connectivity index (χ0v) is 13.0. The SMILES string of the molecule is CCCn1cnc(NC(=O)NCCC2CCCCCC2)n1. The Morgan fingerprint density at radius 2 is 2.10 bits per heavy atom. The average Bonchev–Trinajstić information content (AvgIpc) is 2.74. The maximum atomic E-state index is 11.8. The quantitative estimate of drug-likeness (QED) is 0.791. The molecule has 0 aromatic carbocycles. The van der Waals surface area contributed by atoms with E-state index in [1.165, 1.54) is 38.5 Å². The molecule has 2 N–H and O–H groups in total. The average molecular weight is 293 g/mol. The van der Waals surface area contributed by atoms with E-state index in [-0.39, 0.29) is 6.03 Å². The Bertz CT molecular complexity index is 423. The van der Waals surface area contributed by atoms with Crippen LogP contribution in [0.2, 0.25) is 0 Å². The molecule has 0 bridgehead atoms. The Kier molecular flexibility index (Phi) is 6.50. The van der Waals surface area contributed by atoms with Gasteiger partial charge in [-0.15, -0.1) is 5.10 Å². The van der Waals surface area contributed by atoms with Crippen molar-refractivity contribution in [2.75, 3.05) is 11.9 Å². The largest absolute Gasteiger partial charge is 0.338 e. The third kappa shape index (κ3) is 5.73. The van der Waals surface area contributed by atoms with Crippen LogP contribution in [0.15, 0.2) is 6.33 Å². The Balaban J connectivity index is 1.64. The molecule has 2 rings (SSSR count). The van der Waals surface area contributed by atoms with Crippen LogP contribution in [-0.4, -0.2) is 27.3 Å². The lowest BCUT2D eigenvalue weighted by atomic mass is 9.97. The maximum absolute atomic E-state index is 11.8. The molecule has 1 aliphatic rings. The first-order valence-electron chi connectivity index (χ1n) is 8.22. The van der Waals surface area contributed by atoms with Crippen LogP contribution in [-0.2, 0) is 6.54 Å². The smallest absolute Gasteiger partial charge is 0.321 e. The lowest BCUT2D eigenvalue weighted by Crippen LogP contribution is -2.31. The Morgan fingerprint density at radius 3 is 2.81 bits per heavy atom. The second-order valence-corrected chi connectivity index (χ2v) is 5.86. The van der Waals surface area contributed by atoms with Crippen molar-refractivity contribution in [2.45, 2.75) is 64.8 Å². The molecule has 0 atom stereocenters. The summed E-state index contributed by atoms with van der Waals surface area (Å²) in [7, 11) is 0. The van der Waals surface area contributed by atoms with Crippen LogP contribution in [0.3, 0.4) is 0 Å². The van der Waals surface area contributed by atoms with Gasteiger partial charge in [-0.2, -0.15) is 0 Å². The zero-order chi connectivity index (χ0) is 14.9. The number of amides is 2. The molecule has 21 heavy (non-hydrogen) atoms. The molecule has 0 spiro atoms. The highest BCUT2D eigenvalue weighted by Crippen LogP contribution is 2.24. The number of aryl methyl sites for hydroxylation is 1. The summed E-state index contributed by atoms with van der Waals surface area (Å²) in [5.41, 5.74) is 0. The summed E-state index contributed by atoms with van der Waals surface area (Å²) in [4.78, 5) is 15.8. The predicted molar refractivity (Wildman–Crippen MR) is 83.1 cm³/mol. The molecule has 2 amide bonds. The topological polar surface area (TPSA) is 71.8 Å². The molecule has 0 unspecified atom stereocenters. The third-order valence-corrected chi connectivity index (χ3v) is 4.03. The first kappa shape index (κ1) is 15.8. The maximum Gasteiger partial charge on any atom is 0.321 e. The Morgan fingerprint density at radius 1 is 1.33 bits per heavy atom. The number of aromatic nitrogens is 3. The van der Waals surface area contributed by atoms with E-state index < -0.39 is 0 Å². The third-order valence-electron chi connectivity index (χ3n) is 4.03. The molecule has 6 nitrogen and oxygen atoms in total. The van der Waals surface area contributed by atoms with Crippen LogP contribution in [0.5, 0.6) is 0 Å². The van der Waals surface area contributed by atoms with Crippen LogP contribution >= 0.6 is 0 Å². The number of carbonyl (C=O) groups excluding carboxylic acids is 1. The van der Waals surface area contributed by atoms with Gasteiger partial charge in [-0.3, -0.25) is 10.00 Å². The highest BCUT2D eigenvalue weighted by molar-refractivity contribution is 5.87. The summed E-state index contributed by atoms with van der Waals surface area (Å²) < 4.78 is 1.74. The van der Waals surface area contributed by atoms with Crippen molar-refractivity contribution in [2.24, 2.45) is 5.92 Å². The molecule has 0 aliphatic heterocycles. The van der Waals surface area contributed by atoms with E-state index in [0.717, 1.165) is 31.8 Å². The van der Waals surface area contributed by atoms with Gasteiger partial charge in [0.1, 0.15) is 6.33 Å². The fourth-order valence-corrected chi connectivity index (χ4v) is 2.88. The molecule has 0 radical (unpaired) electrons. The number of hydrogen-bond acceptors (Lipinski definition) is 3. The van der Waals surface area contributed by atoms with Crippen LogP contribution in [0.1, 0.15) is 58.3 Å². The number of hydrogen-bond donors (Lipinski definition) is 2. The number of nitrogens with zero attached hydrogens (tertiary/aromatic N) is 3. The van der Waals surface area contributed by atoms with Gasteiger partial charge in [0.05, 0.1) is 0 Å². The van der Waals surface area contributed by atoms with E-state index in [2.05, 4.69) is 27.6 Å². The van der Waals surface area contributed by atoms with E-state index >= 15 is 0 Å². The molecule has 1 heterocycles. The van der Waals surface area contributed by atoms with Gasteiger partial charge in [-0.05, 0) is 18.8 Å². The highest BCUT2D eigenvalue weighted by atomic mass is 16.2. The predicted octanol–water partition coefficient (Wildman–Crippen LogP) is 3.17. The minimum absolute atomic E-state index is 0.210. The molecule has 0 saturated heterocycles. The van der Waals surface area contributed by atoms with Crippen molar-refractivity contribution >= 4 is 12.0 Å². The van der Waals surface area contributed by atoms with Gasteiger partial charge in [0.15, 0.2) is 0 Å². The molecule has 1 saturated carbocycles. The van der Waals surface area contributed by atoms with Gasteiger partial charge in [0, 0.05) is 13.1 Å². The highest BCUT2D eigenvalue weighted by Gasteiger charge is 2.12. The first-order chi connectivity index (χ1) is 10.3. The molecule has 1 aromatic rings. The Labute approximate surface area is 126 Å². The summed E-state index contributed by atoms with van der Waals surface area (Å²) in [5, 5.41) is 9.76. The fraction of sp³-hybridized carbons (Fsp3) is 0.800. The van der Waals surface area contributed by atoms with Crippen LogP contribution < -0.4 is 10.6 Å². The van der Waals surface area contributed by atoms with Crippen molar-refractivity contribution in [1.29, 1.82) is 0 Å². The summed E-state index contributed by atoms with van der Waals surface area (Å²) in [6, 6.07) is -0.210. The standard InChI is InChI=1S/C15H27N5O/c1-2-11-20-12-17-14(19-20)18-15(21)16-10-9-13-7-5-3-4-6-8-13/h12-13H,2-11H2,1H3,(H2,16,18,19,21). The summed E-state index contributed by atoms with van der Waals surface area (Å²) in [5.74, 6) is 1.14. The molecule has 1 aromatic heterocycles. The number of nitrogens with one attached hydrogen (secondary N) is 2. The summed E-state index contributed by atoms with van der Waals surface area (Å²) in [6.45, 7) is 3.62. The molecule has 1 aliphatic carbocycles. The van der Waals surface area contributed by atoms with E-state index in [0.29, 0.717) is 5.95 Å².